The van der Waals surface area contributed by atoms with Gasteiger partial charge < -0.3 is 4.90 Å². The first-order valence-electron chi connectivity index (χ1n) is 10.5. The van der Waals surface area contributed by atoms with E-state index >= 15 is 0 Å². The maximum Gasteiger partial charge on any atom is 0.231 e. The molecule has 1 saturated heterocycles. The highest BCUT2D eigenvalue weighted by molar-refractivity contribution is 7.92. The van der Waals surface area contributed by atoms with E-state index < -0.39 is 10.0 Å². The summed E-state index contributed by atoms with van der Waals surface area (Å²) in [6.45, 7) is 4.96. The third-order valence-corrected chi connectivity index (χ3v) is 7.01. The molecule has 3 aromatic rings. The van der Waals surface area contributed by atoms with Crippen LogP contribution in [0.15, 0.2) is 66.0 Å². The van der Waals surface area contributed by atoms with Gasteiger partial charge in [-0.3, -0.25) is 9.62 Å². The molecule has 6 nitrogen and oxygen atoms in total. The predicted octanol–water partition coefficient (Wildman–Crippen LogP) is 4.31. The molecule has 2 aromatic carbocycles. The number of sulfonamides is 1. The molecule has 0 aliphatic carbocycles. The van der Waals surface area contributed by atoms with E-state index in [-0.39, 0.29) is 30.9 Å². The smallest absolute Gasteiger partial charge is 0.231 e. The fourth-order valence-electron chi connectivity index (χ4n) is 4.03. The van der Waals surface area contributed by atoms with Crippen molar-refractivity contribution in [1.82, 2.24) is 14.8 Å². The summed E-state index contributed by atoms with van der Waals surface area (Å²) in [5.74, 6) is 0. The normalized spacial score (nSPS) is 15.0. The molecule has 0 saturated carbocycles. The van der Waals surface area contributed by atoms with Crippen molar-refractivity contribution in [2.24, 2.45) is 0 Å². The van der Waals surface area contributed by atoms with Crippen molar-refractivity contribution in [3.63, 3.8) is 0 Å². The summed E-state index contributed by atoms with van der Waals surface area (Å²) in [7, 11) is -3.28. The molecule has 1 N–H and O–H groups in total. The molecular formula is C23H30Cl2N4O2S2. The molecule has 1 aliphatic heterocycles. The van der Waals surface area contributed by atoms with Gasteiger partial charge in [0.15, 0.2) is 5.13 Å². The maximum absolute atomic E-state index is 11.3. The SMILES string of the molecule is CS(=O)(=O)Nc1nc(CCN2CCN(C(c3ccccc3)c3ccccc3)CC2)cs1.Cl.Cl. The number of aromatic nitrogens is 1. The Labute approximate surface area is 212 Å². The van der Waals surface area contributed by atoms with Crippen LogP contribution in [0.1, 0.15) is 22.9 Å². The molecule has 1 aromatic heterocycles. The van der Waals surface area contributed by atoms with Gasteiger partial charge in [0.2, 0.25) is 10.0 Å². The van der Waals surface area contributed by atoms with Gasteiger partial charge in [-0.2, -0.15) is 0 Å². The Kier molecular flexibility index (Phi) is 10.6. The van der Waals surface area contributed by atoms with E-state index in [9.17, 15) is 8.42 Å². The van der Waals surface area contributed by atoms with Crippen LogP contribution in [0.25, 0.3) is 0 Å². The van der Waals surface area contributed by atoms with Crippen LogP contribution in [0.5, 0.6) is 0 Å². The predicted molar refractivity (Wildman–Crippen MR) is 142 cm³/mol. The lowest BCUT2D eigenvalue weighted by atomic mass is 9.96. The number of hydrogen-bond donors (Lipinski definition) is 1. The number of thiazole rings is 1. The number of nitrogens with one attached hydrogen (secondary N) is 1. The zero-order valence-corrected chi connectivity index (χ0v) is 21.7. The Morgan fingerprint density at radius 2 is 1.48 bits per heavy atom. The van der Waals surface area contributed by atoms with E-state index in [0.717, 1.165) is 51.1 Å². The molecule has 180 valence electrons. The van der Waals surface area contributed by atoms with Gasteiger partial charge in [-0.15, -0.1) is 36.2 Å². The van der Waals surface area contributed by atoms with Crippen LogP contribution in [-0.2, 0) is 16.4 Å². The van der Waals surface area contributed by atoms with E-state index in [0.29, 0.717) is 5.13 Å². The number of nitrogens with zero attached hydrogens (tertiary/aromatic N) is 3. The molecule has 33 heavy (non-hydrogen) atoms. The van der Waals surface area contributed by atoms with Gasteiger partial charge in [0, 0.05) is 44.5 Å². The number of hydrogen-bond acceptors (Lipinski definition) is 6. The summed E-state index contributed by atoms with van der Waals surface area (Å²) >= 11 is 1.33. The molecule has 4 rings (SSSR count). The first-order chi connectivity index (χ1) is 15.0. The number of benzene rings is 2. The molecule has 0 spiro atoms. The van der Waals surface area contributed by atoms with Crippen molar-refractivity contribution in [2.75, 3.05) is 43.7 Å². The molecule has 1 aliphatic rings. The van der Waals surface area contributed by atoms with Gasteiger partial charge in [0.25, 0.3) is 0 Å². The number of rotatable bonds is 8. The van der Waals surface area contributed by atoms with Crippen LogP contribution in [0.2, 0.25) is 0 Å². The zero-order chi connectivity index (χ0) is 21.7. The van der Waals surface area contributed by atoms with Gasteiger partial charge in [-0.1, -0.05) is 60.7 Å². The Morgan fingerprint density at radius 1 is 0.939 bits per heavy atom. The second-order valence-corrected chi connectivity index (χ2v) is 10.5. The summed E-state index contributed by atoms with van der Waals surface area (Å²) in [6, 6.07) is 21.7. The van der Waals surface area contributed by atoms with Crippen LogP contribution in [0.4, 0.5) is 5.13 Å². The average molecular weight is 530 g/mol. The van der Waals surface area contributed by atoms with E-state index in [1.165, 1.54) is 22.5 Å². The van der Waals surface area contributed by atoms with E-state index in [1.54, 1.807) is 0 Å². The van der Waals surface area contributed by atoms with Gasteiger partial charge in [0.1, 0.15) is 0 Å². The summed E-state index contributed by atoms with van der Waals surface area (Å²) < 4.78 is 25.1. The summed E-state index contributed by atoms with van der Waals surface area (Å²) in [5.41, 5.74) is 3.59. The molecule has 0 unspecified atom stereocenters. The average Bonchev–Trinajstić information content (AvgIpc) is 3.20. The van der Waals surface area contributed by atoms with E-state index in [1.807, 2.05) is 5.38 Å². The van der Waals surface area contributed by atoms with Crippen LogP contribution in [-0.4, -0.2) is 62.2 Å². The second kappa shape index (κ2) is 12.7. The van der Waals surface area contributed by atoms with Crippen molar-refractivity contribution < 1.29 is 8.42 Å². The first kappa shape index (κ1) is 27.6. The van der Waals surface area contributed by atoms with Crippen LogP contribution in [0, 0.1) is 0 Å². The summed E-state index contributed by atoms with van der Waals surface area (Å²) in [4.78, 5) is 9.43. The van der Waals surface area contributed by atoms with Crippen molar-refractivity contribution in [3.05, 3.63) is 82.9 Å². The van der Waals surface area contributed by atoms with Crippen molar-refractivity contribution in [1.29, 1.82) is 0 Å². The second-order valence-electron chi connectivity index (χ2n) is 7.87. The molecule has 0 radical (unpaired) electrons. The largest absolute Gasteiger partial charge is 0.300 e. The highest BCUT2D eigenvalue weighted by Crippen LogP contribution is 2.29. The Hall–Kier alpha value is -1.68. The highest BCUT2D eigenvalue weighted by Gasteiger charge is 2.26. The Balaban J connectivity index is 0.00000193. The maximum atomic E-state index is 11.3. The third-order valence-electron chi connectivity index (χ3n) is 5.51. The van der Waals surface area contributed by atoms with Crippen molar-refractivity contribution in [2.45, 2.75) is 12.5 Å². The molecule has 1 fully saturated rings. The van der Waals surface area contributed by atoms with E-state index in [2.05, 4.69) is 80.2 Å². The molecule has 10 heteroatoms. The van der Waals surface area contributed by atoms with Gasteiger partial charge in [0.05, 0.1) is 18.0 Å². The lowest BCUT2D eigenvalue weighted by molar-refractivity contribution is 0.110. The number of anilines is 1. The number of piperazine rings is 1. The lowest BCUT2D eigenvalue weighted by Gasteiger charge is -2.39. The van der Waals surface area contributed by atoms with Crippen molar-refractivity contribution in [3.8, 4) is 0 Å². The number of halogens is 2. The van der Waals surface area contributed by atoms with Crippen LogP contribution < -0.4 is 4.72 Å². The fourth-order valence-corrected chi connectivity index (χ4v) is 5.63. The lowest BCUT2D eigenvalue weighted by Crippen LogP contribution is -2.48. The minimum atomic E-state index is -3.28. The van der Waals surface area contributed by atoms with E-state index in [4.69, 9.17) is 0 Å². The quantitative estimate of drug-likeness (QED) is 0.471. The third kappa shape index (κ3) is 7.95. The molecular weight excluding hydrogens is 499 g/mol. The summed E-state index contributed by atoms with van der Waals surface area (Å²) in [6.07, 6.45) is 1.97. The molecule has 0 amide bonds. The van der Waals surface area contributed by atoms with Gasteiger partial charge >= 0.3 is 0 Å². The fraction of sp³-hybridized carbons (Fsp3) is 0.348. The van der Waals surface area contributed by atoms with Gasteiger partial charge in [-0.25, -0.2) is 13.4 Å². The molecule has 0 bridgehead atoms. The van der Waals surface area contributed by atoms with Gasteiger partial charge in [-0.05, 0) is 11.1 Å². The molecule has 0 atom stereocenters. The molecule has 2 heterocycles. The minimum absolute atomic E-state index is 0. The van der Waals surface area contributed by atoms with Crippen molar-refractivity contribution >= 4 is 51.3 Å². The Morgan fingerprint density at radius 3 is 2.00 bits per heavy atom. The van der Waals surface area contributed by atoms with Crippen LogP contribution in [0.3, 0.4) is 0 Å². The zero-order valence-electron chi connectivity index (χ0n) is 18.5. The monoisotopic (exact) mass is 528 g/mol. The Bertz CT molecular complexity index is 1030. The highest BCUT2D eigenvalue weighted by atomic mass is 35.5. The topological polar surface area (TPSA) is 65.5 Å². The first-order valence-corrected chi connectivity index (χ1v) is 13.2. The minimum Gasteiger partial charge on any atom is -0.300 e. The van der Waals surface area contributed by atoms with Crippen LogP contribution >= 0.6 is 36.2 Å². The summed E-state index contributed by atoms with van der Waals surface area (Å²) in [5, 5.41) is 2.38. The standard InChI is InChI=1S/C23H28N4O2S2.2ClH/c1-31(28,29)25-23-24-21(18-30-23)12-13-26-14-16-27(17-15-26)22(19-8-4-2-5-9-19)20-10-6-3-7-11-20;;/h2-11,18,22H,12-17H2,1H3,(H,24,25);2*1H.